The van der Waals surface area contributed by atoms with Crippen molar-refractivity contribution in [3.05, 3.63) is 70.7 Å². The van der Waals surface area contributed by atoms with Crippen molar-refractivity contribution in [2.45, 2.75) is 31.8 Å². The van der Waals surface area contributed by atoms with Gasteiger partial charge in [0.15, 0.2) is 0 Å². The van der Waals surface area contributed by atoms with E-state index in [0.29, 0.717) is 17.9 Å². The molecule has 3 rings (SSSR count). The van der Waals surface area contributed by atoms with Crippen LogP contribution in [0.5, 0.6) is 0 Å². The largest absolute Gasteiger partial charge is 0.350 e. The number of urea groups is 1. The fraction of sp³-hybridized carbons (Fsp3) is 0.286. The third-order valence-electron chi connectivity index (χ3n) is 4.78. The van der Waals surface area contributed by atoms with E-state index >= 15 is 0 Å². The van der Waals surface area contributed by atoms with Gasteiger partial charge in [0.05, 0.1) is 0 Å². The lowest BCUT2D eigenvalue weighted by Gasteiger charge is -2.21. The topological polar surface area (TPSA) is 78.5 Å². The third-order valence-corrected chi connectivity index (χ3v) is 5.02. The van der Waals surface area contributed by atoms with Gasteiger partial charge >= 0.3 is 6.03 Å². The average molecular weight is 400 g/mol. The number of hydrogen-bond acceptors (Lipinski definition) is 3. The molecule has 0 saturated carbocycles. The minimum Gasteiger partial charge on any atom is -0.350 e. The standard InChI is InChI=1S/C21H22ClN3O3/c1-21(11-10-15-6-3-2-4-7-15)19(27)25(20(28)24-21)14-18(26)23-13-16-8-5-9-17(22)12-16/h2-9,12H,10-11,13-14H2,1H3,(H,23,26)(H,24,28)/t21-/m1/s1. The molecule has 1 atom stereocenters. The number of benzene rings is 2. The maximum Gasteiger partial charge on any atom is 0.325 e. The van der Waals surface area contributed by atoms with Gasteiger partial charge in [-0.2, -0.15) is 0 Å². The number of amides is 4. The number of aryl methyl sites for hydroxylation is 1. The Morgan fingerprint density at radius 1 is 1.11 bits per heavy atom. The Bertz CT molecular complexity index is 887. The normalized spacial score (nSPS) is 18.9. The van der Waals surface area contributed by atoms with Crippen molar-refractivity contribution in [2.75, 3.05) is 6.54 Å². The summed E-state index contributed by atoms with van der Waals surface area (Å²) >= 11 is 5.92. The molecule has 6 nitrogen and oxygen atoms in total. The van der Waals surface area contributed by atoms with Crippen molar-refractivity contribution < 1.29 is 14.4 Å². The number of carbonyl (C=O) groups excluding carboxylic acids is 3. The van der Waals surface area contributed by atoms with E-state index in [9.17, 15) is 14.4 Å². The lowest BCUT2D eigenvalue weighted by atomic mass is 9.93. The zero-order valence-corrected chi connectivity index (χ0v) is 16.3. The summed E-state index contributed by atoms with van der Waals surface area (Å²) < 4.78 is 0. The van der Waals surface area contributed by atoms with Crippen LogP contribution < -0.4 is 10.6 Å². The molecule has 1 heterocycles. The molecule has 0 unspecified atom stereocenters. The second kappa shape index (κ2) is 8.44. The molecule has 28 heavy (non-hydrogen) atoms. The summed E-state index contributed by atoms with van der Waals surface area (Å²) in [7, 11) is 0. The molecule has 0 aromatic heterocycles. The van der Waals surface area contributed by atoms with Crippen LogP contribution in [0.15, 0.2) is 54.6 Å². The van der Waals surface area contributed by atoms with Crippen molar-refractivity contribution in [3.8, 4) is 0 Å². The van der Waals surface area contributed by atoms with Crippen LogP contribution in [0.2, 0.25) is 5.02 Å². The first kappa shape index (κ1) is 19.9. The van der Waals surface area contributed by atoms with E-state index in [0.717, 1.165) is 16.0 Å². The highest BCUT2D eigenvalue weighted by Crippen LogP contribution is 2.23. The summed E-state index contributed by atoms with van der Waals surface area (Å²) in [6, 6.07) is 16.3. The molecule has 7 heteroatoms. The predicted molar refractivity (Wildman–Crippen MR) is 107 cm³/mol. The summed E-state index contributed by atoms with van der Waals surface area (Å²) in [4.78, 5) is 38.2. The van der Waals surface area contributed by atoms with E-state index in [4.69, 9.17) is 11.6 Å². The van der Waals surface area contributed by atoms with E-state index in [1.165, 1.54) is 0 Å². The van der Waals surface area contributed by atoms with E-state index in [-0.39, 0.29) is 19.0 Å². The maximum atomic E-state index is 12.8. The third kappa shape index (κ3) is 4.70. The lowest BCUT2D eigenvalue weighted by Crippen LogP contribution is -2.45. The molecule has 0 aliphatic carbocycles. The first-order valence-electron chi connectivity index (χ1n) is 9.06. The van der Waals surface area contributed by atoms with Gasteiger partial charge in [-0.15, -0.1) is 0 Å². The molecule has 0 radical (unpaired) electrons. The zero-order valence-electron chi connectivity index (χ0n) is 15.6. The molecule has 146 valence electrons. The molecular formula is C21H22ClN3O3. The van der Waals surface area contributed by atoms with Crippen LogP contribution in [0.3, 0.4) is 0 Å². The average Bonchev–Trinajstić information content (AvgIpc) is 2.89. The maximum absolute atomic E-state index is 12.8. The highest BCUT2D eigenvalue weighted by molar-refractivity contribution is 6.30. The van der Waals surface area contributed by atoms with Crippen molar-refractivity contribution in [2.24, 2.45) is 0 Å². The minimum atomic E-state index is -1.01. The number of nitrogens with one attached hydrogen (secondary N) is 2. The van der Waals surface area contributed by atoms with Crippen molar-refractivity contribution >= 4 is 29.4 Å². The molecule has 1 aliphatic rings. The number of hydrogen-bond donors (Lipinski definition) is 2. The molecule has 2 aromatic carbocycles. The Morgan fingerprint density at radius 2 is 1.82 bits per heavy atom. The van der Waals surface area contributed by atoms with Crippen LogP contribution in [0.25, 0.3) is 0 Å². The fourth-order valence-corrected chi connectivity index (χ4v) is 3.36. The highest BCUT2D eigenvalue weighted by atomic mass is 35.5. The van der Waals surface area contributed by atoms with Gasteiger partial charge in [-0.05, 0) is 43.0 Å². The molecule has 0 spiro atoms. The Kier molecular flexibility index (Phi) is 5.99. The van der Waals surface area contributed by atoms with E-state index in [2.05, 4.69) is 10.6 Å². The number of nitrogens with zero attached hydrogens (tertiary/aromatic N) is 1. The molecule has 0 bridgehead atoms. The molecule has 1 fully saturated rings. The van der Waals surface area contributed by atoms with Gasteiger partial charge in [0.25, 0.3) is 5.91 Å². The van der Waals surface area contributed by atoms with Crippen LogP contribution in [0.1, 0.15) is 24.5 Å². The summed E-state index contributed by atoms with van der Waals surface area (Å²) in [5.74, 6) is -0.790. The second-order valence-corrected chi connectivity index (χ2v) is 7.48. The minimum absolute atomic E-state index is 0.272. The Hall–Kier alpha value is -2.86. The monoisotopic (exact) mass is 399 g/mol. The predicted octanol–water partition coefficient (Wildman–Crippen LogP) is 2.90. The molecule has 2 aromatic rings. The molecule has 4 amide bonds. The van der Waals surface area contributed by atoms with Gasteiger partial charge in [-0.25, -0.2) is 4.79 Å². The Labute approximate surface area is 168 Å². The van der Waals surface area contributed by atoms with Crippen LogP contribution in [-0.2, 0) is 22.6 Å². The lowest BCUT2D eigenvalue weighted by molar-refractivity contribution is -0.134. The first-order valence-corrected chi connectivity index (χ1v) is 9.44. The quantitative estimate of drug-likeness (QED) is 0.702. The van der Waals surface area contributed by atoms with Crippen molar-refractivity contribution in [1.29, 1.82) is 0 Å². The second-order valence-electron chi connectivity index (χ2n) is 7.05. The molecular weight excluding hydrogens is 378 g/mol. The highest BCUT2D eigenvalue weighted by Gasteiger charge is 2.47. The summed E-state index contributed by atoms with van der Waals surface area (Å²) in [5.41, 5.74) is 0.911. The Balaban J connectivity index is 1.56. The van der Waals surface area contributed by atoms with Gasteiger partial charge in [0.1, 0.15) is 12.1 Å². The summed E-state index contributed by atoms with van der Waals surface area (Å²) in [6.45, 7) is 1.65. The van der Waals surface area contributed by atoms with Gasteiger partial charge in [-0.3, -0.25) is 14.5 Å². The van der Waals surface area contributed by atoms with Crippen LogP contribution in [0, 0.1) is 0 Å². The van der Waals surface area contributed by atoms with Gasteiger partial charge in [-0.1, -0.05) is 54.1 Å². The van der Waals surface area contributed by atoms with Gasteiger partial charge in [0, 0.05) is 11.6 Å². The van der Waals surface area contributed by atoms with Crippen LogP contribution >= 0.6 is 11.6 Å². The Morgan fingerprint density at radius 3 is 2.54 bits per heavy atom. The molecule has 1 saturated heterocycles. The zero-order chi connectivity index (χ0) is 20.1. The summed E-state index contributed by atoms with van der Waals surface area (Å²) in [5, 5.41) is 6.01. The van der Waals surface area contributed by atoms with Crippen molar-refractivity contribution in [3.63, 3.8) is 0 Å². The SMILES string of the molecule is C[C@]1(CCc2ccccc2)NC(=O)N(CC(=O)NCc2cccc(Cl)c2)C1=O. The first-order chi connectivity index (χ1) is 13.4. The van der Waals surface area contributed by atoms with Crippen LogP contribution in [0.4, 0.5) is 4.79 Å². The molecule has 1 aliphatic heterocycles. The van der Waals surface area contributed by atoms with Crippen LogP contribution in [-0.4, -0.2) is 34.8 Å². The van der Waals surface area contributed by atoms with Gasteiger partial charge < -0.3 is 10.6 Å². The summed E-state index contributed by atoms with van der Waals surface area (Å²) in [6.07, 6.45) is 1.11. The smallest absolute Gasteiger partial charge is 0.325 e. The van der Waals surface area contributed by atoms with E-state index in [1.807, 2.05) is 36.4 Å². The number of carbonyl (C=O) groups is 3. The number of rotatable bonds is 7. The number of imide groups is 1. The number of halogens is 1. The van der Waals surface area contributed by atoms with E-state index in [1.54, 1.807) is 25.1 Å². The van der Waals surface area contributed by atoms with Gasteiger partial charge in [0.2, 0.25) is 5.91 Å². The molecule has 2 N–H and O–H groups in total. The van der Waals surface area contributed by atoms with E-state index < -0.39 is 17.5 Å². The van der Waals surface area contributed by atoms with Crippen molar-refractivity contribution in [1.82, 2.24) is 15.5 Å². The fourth-order valence-electron chi connectivity index (χ4n) is 3.15.